The van der Waals surface area contributed by atoms with Gasteiger partial charge in [-0.1, -0.05) is 20.4 Å². The average molecular weight is 339 g/mol. The largest absolute Gasteiger partial charge is 0.422 e. The van der Waals surface area contributed by atoms with Crippen LogP contribution in [0.25, 0.3) is 21.4 Å². The first-order valence-corrected chi connectivity index (χ1v) is 8.92. The van der Waals surface area contributed by atoms with E-state index in [1.54, 1.807) is 17.5 Å². The minimum Gasteiger partial charge on any atom is -0.422 e. The van der Waals surface area contributed by atoms with E-state index in [0.29, 0.717) is 17.1 Å². The van der Waals surface area contributed by atoms with Gasteiger partial charge in [-0.3, -0.25) is 0 Å². The summed E-state index contributed by atoms with van der Waals surface area (Å²) in [5.41, 5.74) is 1.90. The van der Waals surface area contributed by atoms with E-state index >= 15 is 0 Å². The number of nitrogens with zero attached hydrogens (tertiary/aromatic N) is 1. The summed E-state index contributed by atoms with van der Waals surface area (Å²) in [5, 5.41) is 0.924. The molecule has 2 aromatic heterocycles. The topological polar surface area (TPSA) is 33.5 Å². The van der Waals surface area contributed by atoms with Gasteiger partial charge in [0.25, 0.3) is 0 Å². The lowest BCUT2D eigenvalue weighted by Crippen LogP contribution is -2.14. The fourth-order valence-electron chi connectivity index (χ4n) is 2.68. The first-order valence-electron chi connectivity index (χ1n) is 8.10. The van der Waals surface area contributed by atoms with Gasteiger partial charge in [-0.05, 0) is 49.4 Å². The molecule has 0 saturated heterocycles. The Balaban J connectivity index is 2.08. The van der Waals surface area contributed by atoms with Gasteiger partial charge in [-0.2, -0.15) is 0 Å². The van der Waals surface area contributed by atoms with Crippen LogP contribution < -0.4 is 10.5 Å². The van der Waals surface area contributed by atoms with Crippen LogP contribution in [0, 0.1) is 0 Å². The molecule has 0 saturated carbocycles. The molecule has 0 unspecified atom stereocenters. The summed E-state index contributed by atoms with van der Waals surface area (Å²) in [7, 11) is 0. The van der Waals surface area contributed by atoms with Crippen molar-refractivity contribution in [3.63, 3.8) is 0 Å². The third-order valence-corrected chi connectivity index (χ3v) is 5.49. The maximum absolute atomic E-state index is 12.4. The lowest BCUT2D eigenvalue weighted by molar-refractivity contribution is 0.563. The van der Waals surface area contributed by atoms with E-state index in [1.165, 1.54) is 4.88 Å². The normalized spacial score (nSPS) is 11.2. The molecule has 0 bridgehead atoms. The molecule has 124 valence electrons. The van der Waals surface area contributed by atoms with Crippen molar-refractivity contribution in [2.75, 3.05) is 11.4 Å². The second-order valence-corrected chi connectivity index (χ2v) is 7.11. The quantitative estimate of drug-likeness (QED) is 0.566. The number of hydrogen-bond acceptors (Lipinski definition) is 4. The monoisotopic (exact) mass is 339 g/mol. The van der Waals surface area contributed by atoms with Crippen LogP contribution in [0.4, 0.5) is 5.69 Å². The molecule has 3 rings (SSSR count). The first kappa shape index (κ1) is 16.5. The van der Waals surface area contributed by atoms with E-state index in [1.807, 2.05) is 42.2 Å². The Morgan fingerprint density at radius 3 is 2.67 bits per heavy atom. The van der Waals surface area contributed by atoms with Crippen molar-refractivity contribution in [2.24, 2.45) is 0 Å². The van der Waals surface area contributed by atoms with Crippen molar-refractivity contribution < 1.29 is 4.42 Å². The number of benzene rings is 1. The number of thiophene rings is 1. The minimum atomic E-state index is -0.293. The highest BCUT2D eigenvalue weighted by Crippen LogP contribution is 2.32. The molecule has 0 N–H and O–H groups in total. The van der Waals surface area contributed by atoms with Crippen LogP contribution in [-0.4, -0.2) is 6.54 Å². The summed E-state index contributed by atoms with van der Waals surface area (Å²) in [6.45, 7) is 11.0. The molecule has 2 heterocycles. The Hall–Kier alpha value is -2.33. The number of fused-ring (bicyclic) bond motifs is 1. The van der Waals surface area contributed by atoms with E-state index in [2.05, 4.69) is 26.5 Å². The van der Waals surface area contributed by atoms with Gasteiger partial charge in [0, 0.05) is 33.4 Å². The third-order valence-electron chi connectivity index (χ3n) is 4.07. The Morgan fingerprint density at radius 2 is 2.04 bits per heavy atom. The summed E-state index contributed by atoms with van der Waals surface area (Å²) >= 11 is 1.65. The zero-order valence-electron chi connectivity index (χ0n) is 14.2. The predicted octanol–water partition coefficient (Wildman–Crippen LogP) is 5.61. The van der Waals surface area contributed by atoms with E-state index < -0.39 is 0 Å². The molecule has 0 aliphatic heterocycles. The maximum atomic E-state index is 12.4. The zero-order chi connectivity index (χ0) is 17.3. The lowest BCUT2D eigenvalue weighted by atomic mass is 10.1. The summed E-state index contributed by atoms with van der Waals surface area (Å²) in [6.07, 6.45) is 1.77. The van der Waals surface area contributed by atoms with Gasteiger partial charge in [0.05, 0.1) is 5.56 Å². The lowest BCUT2D eigenvalue weighted by Gasteiger charge is -2.17. The van der Waals surface area contributed by atoms with E-state index in [-0.39, 0.29) is 5.63 Å². The van der Waals surface area contributed by atoms with Gasteiger partial charge in [-0.25, -0.2) is 4.79 Å². The highest BCUT2D eigenvalue weighted by molar-refractivity contribution is 7.15. The van der Waals surface area contributed by atoms with Gasteiger partial charge in [0.15, 0.2) is 0 Å². The van der Waals surface area contributed by atoms with Crippen LogP contribution in [0.5, 0.6) is 0 Å². The maximum Gasteiger partial charge on any atom is 0.345 e. The zero-order valence-corrected chi connectivity index (χ0v) is 15.0. The highest BCUT2D eigenvalue weighted by atomic mass is 32.1. The van der Waals surface area contributed by atoms with Gasteiger partial charge < -0.3 is 9.32 Å². The molecule has 1 aromatic carbocycles. The van der Waals surface area contributed by atoms with Crippen molar-refractivity contribution in [3.8, 4) is 10.4 Å². The van der Waals surface area contributed by atoms with Crippen LogP contribution in [0.15, 0.2) is 58.4 Å². The SMILES string of the molecule is C=CN(CC)c1ccc2cc(-c3ccc(C(C)C)s3)c(=O)oc2c1. The smallest absolute Gasteiger partial charge is 0.345 e. The second-order valence-electron chi connectivity index (χ2n) is 5.99. The van der Waals surface area contributed by atoms with Crippen molar-refractivity contribution in [3.05, 3.63) is 64.5 Å². The molecule has 0 atom stereocenters. The average Bonchev–Trinajstić information content (AvgIpc) is 3.05. The Bertz CT molecular complexity index is 936. The van der Waals surface area contributed by atoms with Crippen LogP contribution in [0.2, 0.25) is 0 Å². The van der Waals surface area contributed by atoms with Gasteiger partial charge in [-0.15, -0.1) is 11.3 Å². The highest BCUT2D eigenvalue weighted by Gasteiger charge is 2.12. The summed E-state index contributed by atoms with van der Waals surface area (Å²) in [6, 6.07) is 11.9. The molecule has 0 radical (unpaired) electrons. The molecule has 4 heteroatoms. The van der Waals surface area contributed by atoms with Crippen LogP contribution in [0.3, 0.4) is 0 Å². The number of anilines is 1. The van der Waals surface area contributed by atoms with Gasteiger partial charge in [0.2, 0.25) is 0 Å². The molecule has 0 aliphatic rings. The number of rotatable bonds is 5. The fourth-order valence-corrected chi connectivity index (χ4v) is 3.69. The van der Waals surface area contributed by atoms with Gasteiger partial charge >= 0.3 is 5.63 Å². The first-order chi connectivity index (χ1) is 11.5. The molecule has 0 spiro atoms. The molecule has 3 nitrogen and oxygen atoms in total. The van der Waals surface area contributed by atoms with Crippen LogP contribution in [-0.2, 0) is 0 Å². The Morgan fingerprint density at radius 1 is 1.25 bits per heavy atom. The molecular weight excluding hydrogens is 318 g/mol. The third kappa shape index (κ3) is 3.02. The molecule has 0 aliphatic carbocycles. The second kappa shape index (κ2) is 6.65. The van der Waals surface area contributed by atoms with Crippen molar-refractivity contribution >= 4 is 28.0 Å². The summed E-state index contributed by atoms with van der Waals surface area (Å²) < 4.78 is 5.59. The molecular formula is C20H21NO2S. The van der Waals surface area contributed by atoms with E-state index in [4.69, 9.17) is 4.42 Å². The molecule has 24 heavy (non-hydrogen) atoms. The standard InChI is InChI=1S/C20H21NO2S/c1-5-21(6-2)15-8-7-14-11-16(20(22)23-17(14)12-15)19-10-9-18(24-19)13(3)4/h5,7-13H,1,6H2,2-4H3. The van der Waals surface area contributed by atoms with Crippen molar-refractivity contribution in [2.45, 2.75) is 26.7 Å². The Kier molecular flexibility index (Phi) is 4.58. The summed E-state index contributed by atoms with van der Waals surface area (Å²) in [4.78, 5) is 16.7. The number of hydrogen-bond donors (Lipinski definition) is 0. The van der Waals surface area contributed by atoms with E-state index in [0.717, 1.165) is 22.5 Å². The fraction of sp³-hybridized carbons (Fsp3) is 0.250. The van der Waals surface area contributed by atoms with Gasteiger partial charge in [0.1, 0.15) is 5.58 Å². The van der Waals surface area contributed by atoms with Crippen molar-refractivity contribution in [1.82, 2.24) is 0 Å². The molecule has 0 amide bonds. The van der Waals surface area contributed by atoms with Crippen molar-refractivity contribution in [1.29, 1.82) is 0 Å². The van der Waals surface area contributed by atoms with Crippen LogP contribution >= 0.6 is 11.3 Å². The predicted molar refractivity (Wildman–Crippen MR) is 103 cm³/mol. The van der Waals surface area contributed by atoms with Crippen LogP contribution in [0.1, 0.15) is 31.6 Å². The minimum absolute atomic E-state index is 0.293. The summed E-state index contributed by atoms with van der Waals surface area (Å²) in [5.74, 6) is 0.456. The van der Waals surface area contributed by atoms with E-state index in [9.17, 15) is 4.79 Å². The molecule has 3 aromatic rings. The Labute approximate surface area is 145 Å². The molecule has 0 fully saturated rings.